The van der Waals surface area contributed by atoms with E-state index in [0.717, 1.165) is 0 Å². The third-order valence-electron chi connectivity index (χ3n) is 3.22. The van der Waals surface area contributed by atoms with Crippen molar-refractivity contribution in [1.82, 2.24) is 5.32 Å². The second-order valence-electron chi connectivity index (χ2n) is 6.52. The Bertz CT molecular complexity index is 593. The van der Waals surface area contributed by atoms with Gasteiger partial charge in [0.2, 0.25) is 0 Å². The van der Waals surface area contributed by atoms with E-state index in [1.807, 2.05) is 0 Å². The number of rotatable bonds is 7. The Morgan fingerprint density at radius 1 is 1.16 bits per heavy atom. The van der Waals surface area contributed by atoms with Gasteiger partial charge in [-0.1, -0.05) is 30.3 Å². The summed E-state index contributed by atoms with van der Waals surface area (Å²) in [7, 11) is 1.18. The molecule has 0 unspecified atom stereocenters. The molecule has 1 amide bonds. The maximum atomic E-state index is 12.2. The van der Waals surface area contributed by atoms with E-state index < -0.39 is 35.6 Å². The average Bonchev–Trinajstić information content (AvgIpc) is 2.56. The fraction of sp³-hybridized carbons (Fsp3) is 0.500. The van der Waals surface area contributed by atoms with E-state index >= 15 is 0 Å². The fourth-order valence-corrected chi connectivity index (χ4v) is 2.08. The largest absolute Gasteiger partial charge is 0.467 e. The number of carbonyl (C=O) groups is 3. The number of hydrogen-bond donors (Lipinski definition) is 2. The van der Waals surface area contributed by atoms with Gasteiger partial charge < -0.3 is 19.9 Å². The maximum Gasteiger partial charge on any atom is 0.328 e. The van der Waals surface area contributed by atoms with Crippen LogP contribution in [-0.2, 0) is 23.9 Å². The molecular weight excluding hydrogens is 326 g/mol. The molecule has 0 fully saturated rings. The average molecular weight is 351 g/mol. The first-order valence-corrected chi connectivity index (χ1v) is 7.97. The summed E-state index contributed by atoms with van der Waals surface area (Å²) >= 11 is 0. The zero-order valence-electron chi connectivity index (χ0n) is 14.9. The van der Waals surface area contributed by atoms with E-state index in [-0.39, 0.29) is 12.8 Å². The summed E-state index contributed by atoms with van der Waals surface area (Å²) < 4.78 is 9.81. The summed E-state index contributed by atoms with van der Waals surface area (Å²) in [4.78, 5) is 35.8. The number of methoxy groups -OCH3 is 1. The highest BCUT2D eigenvalue weighted by atomic mass is 16.6. The van der Waals surface area contributed by atoms with Crippen LogP contribution in [0.15, 0.2) is 30.3 Å². The predicted octanol–water partition coefficient (Wildman–Crippen LogP) is 1.50. The fourth-order valence-electron chi connectivity index (χ4n) is 2.08. The summed E-state index contributed by atoms with van der Waals surface area (Å²) in [5.41, 5.74) is -0.235. The summed E-state index contributed by atoms with van der Waals surface area (Å²) in [6.45, 7) is 5.21. The third-order valence-corrected chi connectivity index (χ3v) is 3.22. The lowest BCUT2D eigenvalue weighted by atomic mass is 10.1. The number of aliphatic hydroxyl groups excluding tert-OH is 1. The zero-order valence-corrected chi connectivity index (χ0v) is 14.9. The minimum atomic E-state index is -1.42. The molecule has 0 heterocycles. The van der Waals surface area contributed by atoms with Crippen molar-refractivity contribution >= 4 is 17.8 Å². The first-order chi connectivity index (χ1) is 11.6. The van der Waals surface area contributed by atoms with Crippen LogP contribution < -0.4 is 5.32 Å². The van der Waals surface area contributed by atoms with Gasteiger partial charge in [0.15, 0.2) is 6.10 Å². The molecule has 0 aliphatic carbocycles. The van der Waals surface area contributed by atoms with Crippen LogP contribution in [0.2, 0.25) is 0 Å². The van der Waals surface area contributed by atoms with Gasteiger partial charge in [-0.25, -0.2) is 4.79 Å². The first-order valence-electron chi connectivity index (χ1n) is 7.97. The molecule has 1 aromatic carbocycles. The van der Waals surface area contributed by atoms with Crippen molar-refractivity contribution in [2.24, 2.45) is 0 Å². The molecule has 2 N–H and O–H groups in total. The zero-order chi connectivity index (χ0) is 19.0. The predicted molar refractivity (Wildman–Crippen MR) is 90.4 cm³/mol. The number of benzene rings is 1. The Kier molecular flexibility index (Phi) is 7.57. The topological polar surface area (TPSA) is 102 Å². The van der Waals surface area contributed by atoms with E-state index in [4.69, 9.17) is 4.74 Å². The molecule has 7 nitrogen and oxygen atoms in total. The van der Waals surface area contributed by atoms with E-state index in [2.05, 4.69) is 10.1 Å². The van der Waals surface area contributed by atoms with Crippen molar-refractivity contribution in [3.63, 3.8) is 0 Å². The highest BCUT2D eigenvalue weighted by molar-refractivity contribution is 5.87. The molecule has 138 valence electrons. The number of aliphatic hydroxyl groups is 1. The third kappa shape index (κ3) is 7.34. The molecule has 0 saturated heterocycles. The lowest BCUT2D eigenvalue weighted by Gasteiger charge is -2.21. The Hall–Kier alpha value is -2.41. The smallest absolute Gasteiger partial charge is 0.328 e. The molecule has 1 aromatic rings. The van der Waals surface area contributed by atoms with Crippen molar-refractivity contribution in [3.05, 3.63) is 35.9 Å². The van der Waals surface area contributed by atoms with Crippen molar-refractivity contribution in [3.8, 4) is 0 Å². The Labute approximate surface area is 147 Å². The molecule has 7 heteroatoms. The SMILES string of the molecule is COC(=O)[C@H](CCC(=O)OC(C)(C)C)NC(=O)[C@@H](O)c1ccccc1. The lowest BCUT2D eigenvalue weighted by Crippen LogP contribution is -2.44. The van der Waals surface area contributed by atoms with Gasteiger partial charge in [0.05, 0.1) is 7.11 Å². The quantitative estimate of drug-likeness (QED) is 0.722. The van der Waals surface area contributed by atoms with Crippen molar-refractivity contribution < 1.29 is 29.0 Å². The van der Waals surface area contributed by atoms with Crippen LogP contribution in [0.1, 0.15) is 45.3 Å². The molecular formula is C18H25NO6. The van der Waals surface area contributed by atoms with Gasteiger partial charge in [-0.2, -0.15) is 0 Å². The number of hydrogen-bond acceptors (Lipinski definition) is 6. The molecule has 0 aliphatic rings. The second-order valence-corrected chi connectivity index (χ2v) is 6.52. The number of esters is 2. The van der Waals surface area contributed by atoms with Crippen LogP contribution in [0.25, 0.3) is 0 Å². The van der Waals surface area contributed by atoms with Gasteiger partial charge in [-0.3, -0.25) is 9.59 Å². The van der Waals surface area contributed by atoms with E-state index in [9.17, 15) is 19.5 Å². The van der Waals surface area contributed by atoms with Crippen LogP contribution in [0.3, 0.4) is 0 Å². The Morgan fingerprint density at radius 3 is 2.28 bits per heavy atom. The summed E-state index contributed by atoms with van der Waals surface area (Å²) in [6.07, 6.45) is -1.48. The van der Waals surface area contributed by atoms with Crippen molar-refractivity contribution in [1.29, 1.82) is 0 Å². The number of amides is 1. The highest BCUT2D eigenvalue weighted by Crippen LogP contribution is 2.14. The molecule has 0 radical (unpaired) electrons. The molecule has 2 atom stereocenters. The van der Waals surface area contributed by atoms with E-state index in [1.54, 1.807) is 51.1 Å². The van der Waals surface area contributed by atoms with Crippen LogP contribution >= 0.6 is 0 Å². The summed E-state index contributed by atoms with van der Waals surface area (Å²) in [6, 6.07) is 7.27. The Morgan fingerprint density at radius 2 is 1.76 bits per heavy atom. The van der Waals surface area contributed by atoms with Crippen LogP contribution in [-0.4, -0.2) is 41.7 Å². The molecule has 1 rings (SSSR count). The van der Waals surface area contributed by atoms with Crippen molar-refractivity contribution in [2.45, 2.75) is 51.4 Å². The number of carbonyl (C=O) groups excluding carboxylic acids is 3. The molecule has 0 bridgehead atoms. The van der Waals surface area contributed by atoms with Crippen LogP contribution in [0, 0.1) is 0 Å². The van der Waals surface area contributed by atoms with Gasteiger partial charge in [0.25, 0.3) is 5.91 Å². The highest BCUT2D eigenvalue weighted by Gasteiger charge is 2.27. The van der Waals surface area contributed by atoms with Gasteiger partial charge in [-0.05, 0) is 32.8 Å². The molecule has 0 aliphatic heterocycles. The molecule has 0 saturated carbocycles. The first kappa shape index (κ1) is 20.6. The molecule has 0 aromatic heterocycles. The van der Waals surface area contributed by atoms with Crippen molar-refractivity contribution in [2.75, 3.05) is 7.11 Å². The van der Waals surface area contributed by atoms with Gasteiger partial charge in [0.1, 0.15) is 11.6 Å². The Balaban J connectivity index is 2.68. The molecule has 25 heavy (non-hydrogen) atoms. The minimum absolute atomic E-state index is 0.00877. The van der Waals surface area contributed by atoms with Gasteiger partial charge in [0, 0.05) is 6.42 Å². The lowest BCUT2D eigenvalue weighted by molar-refractivity contribution is -0.155. The summed E-state index contributed by atoms with van der Waals surface area (Å²) in [5.74, 6) is -1.93. The van der Waals surface area contributed by atoms with Gasteiger partial charge in [-0.15, -0.1) is 0 Å². The number of nitrogens with one attached hydrogen (secondary N) is 1. The minimum Gasteiger partial charge on any atom is -0.467 e. The van der Waals surface area contributed by atoms with Crippen LogP contribution in [0.5, 0.6) is 0 Å². The molecule has 0 spiro atoms. The van der Waals surface area contributed by atoms with E-state index in [0.29, 0.717) is 5.56 Å². The normalized spacial score (nSPS) is 13.5. The van der Waals surface area contributed by atoms with Crippen LogP contribution in [0.4, 0.5) is 0 Å². The maximum absolute atomic E-state index is 12.2. The standard InChI is InChI=1S/C18H25NO6/c1-18(2,3)25-14(20)11-10-13(17(23)24-4)19-16(22)15(21)12-8-6-5-7-9-12/h5-9,13,15,21H,10-11H2,1-4H3,(H,19,22)/t13-,15-/m0/s1. The van der Waals surface area contributed by atoms with Gasteiger partial charge >= 0.3 is 11.9 Å². The van der Waals surface area contributed by atoms with E-state index in [1.165, 1.54) is 7.11 Å². The summed E-state index contributed by atoms with van der Waals surface area (Å²) in [5, 5.41) is 12.5. The number of ether oxygens (including phenoxy) is 2. The monoisotopic (exact) mass is 351 g/mol. The second kappa shape index (κ2) is 9.17.